The quantitative estimate of drug-likeness (QED) is 0.474. The molecular weight excluding hydrogens is 409 g/mol. The van der Waals surface area contributed by atoms with E-state index in [0.717, 1.165) is 10.9 Å². The van der Waals surface area contributed by atoms with Gasteiger partial charge in [-0.05, 0) is 29.8 Å². The van der Waals surface area contributed by atoms with Crippen LogP contribution < -0.4 is 15.7 Å². The average Bonchev–Trinajstić information content (AvgIpc) is 2.70. The molecule has 0 bridgehead atoms. The molecule has 4 rings (SSSR count). The Labute approximate surface area is 176 Å². The van der Waals surface area contributed by atoms with Crippen molar-refractivity contribution in [3.8, 4) is 5.75 Å². The third-order valence-corrected chi connectivity index (χ3v) is 5.56. The monoisotopic (exact) mass is 429 g/mol. The molecule has 0 saturated carbocycles. The molecule has 0 atom stereocenters. The van der Waals surface area contributed by atoms with Gasteiger partial charge in [0.05, 0.1) is 5.52 Å². The number of nitrogens with zero attached hydrogens (tertiary/aromatic N) is 3. The van der Waals surface area contributed by atoms with Crippen molar-refractivity contribution >= 4 is 29.0 Å². The van der Waals surface area contributed by atoms with Gasteiger partial charge in [-0.3, -0.25) is 14.3 Å². The molecule has 8 nitrogen and oxygen atoms in total. The molecule has 1 aliphatic heterocycles. The molecule has 1 fully saturated rings. The van der Waals surface area contributed by atoms with Gasteiger partial charge in [-0.25, -0.2) is 9.78 Å². The standard InChI is InChI=1S/C20H20FN5O3S/c1-22-18(27)14-5-6-16(17(21)23-14)29-12-9-26(10-12)8-11-3-4-13-15(7-11)24-20(28)25(2)19(13)30/h3-7,12H,8-10H2,1-2H3,(H,22,27)(H,24,28). The van der Waals surface area contributed by atoms with Crippen molar-refractivity contribution in [1.82, 2.24) is 24.8 Å². The normalized spacial score (nSPS) is 14.5. The lowest BCUT2D eigenvalue weighted by Crippen LogP contribution is -2.53. The lowest BCUT2D eigenvalue weighted by Gasteiger charge is -2.39. The number of likely N-dealkylation sites (tertiary alicyclic amines) is 1. The summed E-state index contributed by atoms with van der Waals surface area (Å²) in [5, 5.41) is 3.22. The van der Waals surface area contributed by atoms with Crippen LogP contribution in [0.5, 0.6) is 5.75 Å². The SMILES string of the molecule is CNC(=O)c1ccc(OC2CN(Cc3ccc4c(=S)n(C)c(=O)[nH]c4c3)C2)c(F)n1. The van der Waals surface area contributed by atoms with Crippen LogP contribution >= 0.6 is 12.2 Å². The number of hydrogen-bond acceptors (Lipinski definition) is 6. The molecule has 3 heterocycles. The third kappa shape index (κ3) is 3.83. The first-order valence-corrected chi connectivity index (χ1v) is 9.76. The molecule has 3 aromatic rings. The molecule has 2 N–H and O–H groups in total. The Bertz CT molecular complexity index is 1250. The number of aromatic amines is 1. The first-order chi connectivity index (χ1) is 14.4. The Morgan fingerprint density at radius 2 is 2.13 bits per heavy atom. The minimum absolute atomic E-state index is 0.00256. The van der Waals surface area contributed by atoms with Gasteiger partial charge < -0.3 is 15.0 Å². The highest BCUT2D eigenvalue weighted by molar-refractivity contribution is 7.71. The van der Waals surface area contributed by atoms with Crippen LogP contribution in [0.25, 0.3) is 10.9 Å². The molecule has 10 heteroatoms. The zero-order chi connectivity index (χ0) is 21.4. The summed E-state index contributed by atoms with van der Waals surface area (Å²) in [7, 11) is 3.09. The maximum Gasteiger partial charge on any atom is 0.326 e. The van der Waals surface area contributed by atoms with E-state index in [1.54, 1.807) is 7.05 Å². The van der Waals surface area contributed by atoms with E-state index in [1.165, 1.54) is 23.7 Å². The lowest BCUT2D eigenvalue weighted by atomic mass is 10.1. The Morgan fingerprint density at radius 3 is 2.83 bits per heavy atom. The van der Waals surface area contributed by atoms with Crippen LogP contribution in [0.4, 0.5) is 4.39 Å². The van der Waals surface area contributed by atoms with Crippen LogP contribution in [-0.2, 0) is 13.6 Å². The van der Waals surface area contributed by atoms with Crippen LogP contribution in [0.3, 0.4) is 0 Å². The number of benzene rings is 1. The van der Waals surface area contributed by atoms with Crippen molar-refractivity contribution in [1.29, 1.82) is 0 Å². The van der Waals surface area contributed by atoms with Gasteiger partial charge in [0.1, 0.15) is 16.4 Å². The fraction of sp³-hybridized carbons (Fsp3) is 0.300. The molecule has 0 spiro atoms. The lowest BCUT2D eigenvalue weighted by molar-refractivity contribution is 0.0118. The van der Waals surface area contributed by atoms with Gasteiger partial charge in [0, 0.05) is 39.1 Å². The molecule has 0 radical (unpaired) electrons. The number of aromatic nitrogens is 3. The van der Waals surface area contributed by atoms with Crippen molar-refractivity contribution < 1.29 is 13.9 Å². The van der Waals surface area contributed by atoms with Crippen molar-refractivity contribution in [2.24, 2.45) is 7.05 Å². The van der Waals surface area contributed by atoms with E-state index in [1.807, 2.05) is 18.2 Å². The summed E-state index contributed by atoms with van der Waals surface area (Å²) in [6.07, 6.45) is -0.161. The molecule has 30 heavy (non-hydrogen) atoms. The third-order valence-electron chi connectivity index (χ3n) is 5.06. The average molecular weight is 429 g/mol. The zero-order valence-corrected chi connectivity index (χ0v) is 17.3. The van der Waals surface area contributed by atoms with Crippen molar-refractivity contribution in [3.63, 3.8) is 0 Å². The van der Waals surface area contributed by atoms with Gasteiger partial charge in [0.25, 0.3) is 11.9 Å². The first kappa shape index (κ1) is 20.2. The topological polar surface area (TPSA) is 92.2 Å². The minimum atomic E-state index is -0.805. The van der Waals surface area contributed by atoms with E-state index >= 15 is 0 Å². The van der Waals surface area contributed by atoms with Gasteiger partial charge in [0.15, 0.2) is 5.75 Å². The second kappa shape index (κ2) is 7.96. The molecule has 0 unspecified atom stereocenters. The van der Waals surface area contributed by atoms with Crippen LogP contribution in [0, 0.1) is 10.6 Å². The van der Waals surface area contributed by atoms with Crippen molar-refractivity contribution in [2.45, 2.75) is 12.6 Å². The minimum Gasteiger partial charge on any atom is -0.483 e. The summed E-state index contributed by atoms with van der Waals surface area (Å²) in [5.41, 5.74) is 1.49. The van der Waals surface area contributed by atoms with Crippen LogP contribution in [0.2, 0.25) is 0 Å². The Hall–Kier alpha value is -3.11. The van der Waals surface area contributed by atoms with E-state index in [2.05, 4.69) is 20.2 Å². The van der Waals surface area contributed by atoms with Crippen LogP contribution in [0.15, 0.2) is 35.1 Å². The van der Waals surface area contributed by atoms with E-state index in [9.17, 15) is 14.0 Å². The highest BCUT2D eigenvalue weighted by atomic mass is 32.1. The Balaban J connectivity index is 1.38. The molecule has 0 aliphatic carbocycles. The number of rotatable bonds is 5. The predicted octanol–water partition coefficient (Wildman–Crippen LogP) is 1.75. The maximum atomic E-state index is 14.1. The maximum absolute atomic E-state index is 14.1. The van der Waals surface area contributed by atoms with Gasteiger partial charge in [-0.15, -0.1) is 0 Å². The summed E-state index contributed by atoms with van der Waals surface area (Å²) < 4.78 is 21.6. The molecule has 1 aliphatic rings. The predicted molar refractivity (Wildman–Crippen MR) is 112 cm³/mol. The largest absolute Gasteiger partial charge is 0.483 e. The first-order valence-electron chi connectivity index (χ1n) is 9.35. The highest BCUT2D eigenvalue weighted by Crippen LogP contribution is 2.23. The summed E-state index contributed by atoms with van der Waals surface area (Å²) in [5.74, 6) is -1.23. The molecule has 2 aromatic heterocycles. The fourth-order valence-electron chi connectivity index (χ4n) is 3.38. The van der Waals surface area contributed by atoms with Crippen LogP contribution in [0.1, 0.15) is 16.1 Å². The van der Waals surface area contributed by atoms with Gasteiger partial charge in [0.2, 0.25) is 0 Å². The summed E-state index contributed by atoms with van der Waals surface area (Å²) in [6, 6.07) is 8.65. The smallest absolute Gasteiger partial charge is 0.326 e. The number of carbonyl (C=O) groups is 1. The number of halogens is 1. The van der Waals surface area contributed by atoms with Gasteiger partial charge >= 0.3 is 5.69 Å². The Morgan fingerprint density at radius 1 is 1.37 bits per heavy atom. The molecule has 1 amide bonds. The highest BCUT2D eigenvalue weighted by Gasteiger charge is 2.29. The number of pyridine rings is 1. The van der Waals surface area contributed by atoms with Gasteiger partial charge in [-0.2, -0.15) is 4.39 Å². The fourth-order valence-corrected chi connectivity index (χ4v) is 3.64. The number of hydrogen-bond donors (Lipinski definition) is 2. The molecular formula is C20H20FN5O3S. The summed E-state index contributed by atoms with van der Waals surface area (Å²) >= 11 is 5.32. The number of nitrogens with one attached hydrogen (secondary N) is 2. The number of carbonyl (C=O) groups excluding carboxylic acids is 1. The van der Waals surface area contributed by atoms with Gasteiger partial charge in [-0.1, -0.05) is 18.3 Å². The number of fused-ring (bicyclic) bond motifs is 1. The molecule has 1 aromatic carbocycles. The second-order valence-corrected chi connectivity index (χ2v) is 7.56. The summed E-state index contributed by atoms with van der Waals surface area (Å²) in [6.45, 7) is 1.92. The van der Waals surface area contributed by atoms with E-state index in [0.29, 0.717) is 29.8 Å². The zero-order valence-electron chi connectivity index (χ0n) is 16.4. The number of H-pyrrole nitrogens is 1. The Kier molecular flexibility index (Phi) is 5.35. The number of ether oxygens (including phenoxy) is 1. The number of amides is 1. The van der Waals surface area contributed by atoms with Crippen molar-refractivity contribution in [2.75, 3.05) is 20.1 Å². The van der Waals surface area contributed by atoms with Crippen molar-refractivity contribution in [3.05, 3.63) is 62.7 Å². The summed E-state index contributed by atoms with van der Waals surface area (Å²) in [4.78, 5) is 32.0. The van der Waals surface area contributed by atoms with E-state index < -0.39 is 11.9 Å². The second-order valence-electron chi connectivity index (χ2n) is 7.17. The van der Waals surface area contributed by atoms with E-state index in [4.69, 9.17) is 17.0 Å². The van der Waals surface area contributed by atoms with Crippen LogP contribution in [-0.4, -0.2) is 51.6 Å². The molecule has 1 saturated heterocycles. The molecule has 156 valence electrons. The van der Waals surface area contributed by atoms with E-state index in [-0.39, 0.29) is 23.2 Å².